The second kappa shape index (κ2) is 7.13. The van der Waals surface area contributed by atoms with Gasteiger partial charge in [-0.3, -0.25) is 4.79 Å². The maximum atomic E-state index is 11.9. The zero-order valence-corrected chi connectivity index (χ0v) is 12.7. The molecule has 2 unspecified atom stereocenters. The van der Waals surface area contributed by atoms with Gasteiger partial charge in [0, 0.05) is 0 Å². The molecule has 0 aliphatic heterocycles. The molecule has 0 amide bonds. The summed E-state index contributed by atoms with van der Waals surface area (Å²) in [6.07, 6.45) is -0.964. The fraction of sp³-hybridized carbons (Fsp3) is 0.500. The number of ether oxygens (including phenoxy) is 1. The third-order valence-electron chi connectivity index (χ3n) is 2.90. The minimum Gasteiger partial charge on any atom is -0.466 e. The molecule has 0 saturated carbocycles. The number of carbonyl (C=O) groups is 1. The van der Waals surface area contributed by atoms with Gasteiger partial charge in [-0.2, -0.15) is 0 Å². The van der Waals surface area contributed by atoms with Crippen molar-refractivity contribution >= 4 is 29.2 Å². The molecular formula is C14H18Cl2O3. The number of benzene rings is 1. The molecule has 1 N–H and O–H groups in total. The van der Waals surface area contributed by atoms with Gasteiger partial charge in [0.05, 0.1) is 28.7 Å². The summed E-state index contributed by atoms with van der Waals surface area (Å²) >= 11 is 11.8. The third-order valence-corrected chi connectivity index (χ3v) is 3.64. The first-order chi connectivity index (χ1) is 8.88. The number of hydrogen-bond acceptors (Lipinski definition) is 3. The van der Waals surface area contributed by atoms with Crippen molar-refractivity contribution in [3.63, 3.8) is 0 Å². The average molecular weight is 305 g/mol. The fourth-order valence-electron chi connectivity index (χ4n) is 1.91. The van der Waals surface area contributed by atoms with Crippen molar-refractivity contribution in [2.24, 2.45) is 11.8 Å². The monoisotopic (exact) mass is 304 g/mol. The summed E-state index contributed by atoms with van der Waals surface area (Å²) in [4.78, 5) is 11.9. The number of hydrogen-bond donors (Lipinski definition) is 1. The Kier molecular flexibility index (Phi) is 6.11. The Labute approximate surface area is 123 Å². The number of rotatable bonds is 5. The normalized spacial score (nSPS) is 14.3. The molecule has 1 aromatic carbocycles. The number of esters is 1. The first-order valence-corrected chi connectivity index (χ1v) is 6.93. The topological polar surface area (TPSA) is 46.5 Å². The first kappa shape index (κ1) is 16.3. The van der Waals surface area contributed by atoms with Crippen molar-refractivity contribution in [1.29, 1.82) is 0 Å². The van der Waals surface area contributed by atoms with Crippen molar-refractivity contribution in [3.05, 3.63) is 33.8 Å². The Morgan fingerprint density at radius 1 is 1.32 bits per heavy atom. The first-order valence-electron chi connectivity index (χ1n) is 6.18. The lowest BCUT2D eigenvalue weighted by molar-refractivity contribution is -0.154. The Hall–Kier alpha value is -0.770. The van der Waals surface area contributed by atoms with Crippen LogP contribution in [0.15, 0.2) is 18.2 Å². The summed E-state index contributed by atoms with van der Waals surface area (Å²) in [7, 11) is 0. The minimum atomic E-state index is -0.964. The minimum absolute atomic E-state index is 0.0523. The molecule has 0 aliphatic carbocycles. The quantitative estimate of drug-likeness (QED) is 0.840. The fourth-order valence-corrected chi connectivity index (χ4v) is 2.21. The van der Waals surface area contributed by atoms with Gasteiger partial charge in [-0.25, -0.2) is 0 Å². The van der Waals surface area contributed by atoms with E-state index in [4.69, 9.17) is 27.9 Å². The average Bonchev–Trinajstić information content (AvgIpc) is 2.32. The zero-order chi connectivity index (χ0) is 14.6. The number of aliphatic hydroxyl groups excluding tert-OH is 1. The van der Waals surface area contributed by atoms with Crippen molar-refractivity contribution in [2.75, 3.05) is 6.61 Å². The molecule has 1 aromatic rings. The van der Waals surface area contributed by atoms with Crippen LogP contribution in [0.3, 0.4) is 0 Å². The highest BCUT2D eigenvalue weighted by atomic mass is 35.5. The predicted octanol–water partition coefficient (Wildman–Crippen LogP) is 3.86. The SMILES string of the molecule is CCOC(=O)C(C(C)C)C(O)c1ccc(Cl)c(Cl)c1. The van der Waals surface area contributed by atoms with Crippen molar-refractivity contribution in [2.45, 2.75) is 26.9 Å². The van der Waals surface area contributed by atoms with E-state index in [0.717, 1.165) is 0 Å². The smallest absolute Gasteiger partial charge is 0.312 e. The van der Waals surface area contributed by atoms with Gasteiger partial charge in [-0.15, -0.1) is 0 Å². The van der Waals surface area contributed by atoms with Gasteiger partial charge >= 0.3 is 5.97 Å². The Morgan fingerprint density at radius 2 is 1.95 bits per heavy atom. The maximum absolute atomic E-state index is 11.9. The highest BCUT2D eigenvalue weighted by molar-refractivity contribution is 6.42. The predicted molar refractivity (Wildman–Crippen MR) is 76.4 cm³/mol. The van der Waals surface area contributed by atoms with E-state index in [1.165, 1.54) is 0 Å². The van der Waals surface area contributed by atoms with Crippen LogP contribution in [0.2, 0.25) is 10.0 Å². The van der Waals surface area contributed by atoms with E-state index >= 15 is 0 Å². The van der Waals surface area contributed by atoms with Gasteiger partial charge in [-0.05, 0) is 30.5 Å². The van der Waals surface area contributed by atoms with E-state index in [2.05, 4.69) is 0 Å². The summed E-state index contributed by atoms with van der Waals surface area (Å²) in [5, 5.41) is 11.1. The van der Waals surface area contributed by atoms with Crippen LogP contribution in [-0.4, -0.2) is 17.7 Å². The molecule has 0 fully saturated rings. The summed E-state index contributed by atoms with van der Waals surface area (Å²) in [6.45, 7) is 5.75. The van der Waals surface area contributed by atoms with Crippen molar-refractivity contribution in [1.82, 2.24) is 0 Å². The lowest BCUT2D eigenvalue weighted by Crippen LogP contribution is -2.29. The zero-order valence-electron chi connectivity index (χ0n) is 11.2. The van der Waals surface area contributed by atoms with E-state index in [-0.39, 0.29) is 12.5 Å². The van der Waals surface area contributed by atoms with Gasteiger partial charge in [-0.1, -0.05) is 43.1 Å². The van der Waals surface area contributed by atoms with E-state index in [9.17, 15) is 9.90 Å². The van der Waals surface area contributed by atoms with Crippen LogP contribution in [-0.2, 0) is 9.53 Å². The molecule has 1 rings (SSSR count). The van der Waals surface area contributed by atoms with E-state index < -0.39 is 18.0 Å². The molecule has 3 nitrogen and oxygen atoms in total. The van der Waals surface area contributed by atoms with Gasteiger partial charge in [0.15, 0.2) is 0 Å². The van der Waals surface area contributed by atoms with E-state index in [1.54, 1.807) is 25.1 Å². The summed E-state index contributed by atoms with van der Waals surface area (Å²) in [5.74, 6) is -1.09. The van der Waals surface area contributed by atoms with E-state index in [0.29, 0.717) is 15.6 Å². The molecule has 0 spiro atoms. The van der Waals surface area contributed by atoms with Crippen LogP contribution in [0.4, 0.5) is 0 Å². The Bertz CT molecular complexity index is 446. The van der Waals surface area contributed by atoms with Gasteiger partial charge in [0.25, 0.3) is 0 Å². The molecule has 0 saturated heterocycles. The molecule has 106 valence electrons. The number of aliphatic hydroxyl groups is 1. The Balaban J connectivity index is 3.01. The van der Waals surface area contributed by atoms with Crippen LogP contribution in [0.25, 0.3) is 0 Å². The summed E-state index contributed by atoms with van der Waals surface area (Å²) in [6, 6.07) is 4.83. The molecule has 5 heteroatoms. The van der Waals surface area contributed by atoms with Crippen LogP contribution in [0.5, 0.6) is 0 Å². The van der Waals surface area contributed by atoms with Crippen LogP contribution in [0.1, 0.15) is 32.4 Å². The number of halogens is 2. The molecule has 0 radical (unpaired) electrons. The molecule has 0 aliphatic rings. The maximum Gasteiger partial charge on any atom is 0.312 e. The van der Waals surface area contributed by atoms with Gasteiger partial charge < -0.3 is 9.84 Å². The van der Waals surface area contributed by atoms with Gasteiger partial charge in [0.1, 0.15) is 0 Å². The molecule has 2 atom stereocenters. The molecular weight excluding hydrogens is 287 g/mol. The largest absolute Gasteiger partial charge is 0.466 e. The highest BCUT2D eigenvalue weighted by Crippen LogP contribution is 2.32. The van der Waals surface area contributed by atoms with E-state index in [1.807, 2.05) is 13.8 Å². The molecule has 0 bridgehead atoms. The van der Waals surface area contributed by atoms with Crippen LogP contribution >= 0.6 is 23.2 Å². The van der Waals surface area contributed by atoms with Crippen LogP contribution < -0.4 is 0 Å². The Morgan fingerprint density at radius 3 is 2.42 bits per heavy atom. The molecule has 19 heavy (non-hydrogen) atoms. The number of carbonyl (C=O) groups excluding carboxylic acids is 1. The molecule has 0 heterocycles. The second-order valence-electron chi connectivity index (χ2n) is 4.64. The lowest BCUT2D eigenvalue weighted by atomic mass is 9.86. The van der Waals surface area contributed by atoms with Crippen LogP contribution in [0, 0.1) is 11.8 Å². The highest BCUT2D eigenvalue weighted by Gasteiger charge is 2.32. The summed E-state index contributed by atoms with van der Waals surface area (Å²) in [5.41, 5.74) is 0.557. The second-order valence-corrected chi connectivity index (χ2v) is 5.45. The van der Waals surface area contributed by atoms with Gasteiger partial charge in [0.2, 0.25) is 0 Å². The summed E-state index contributed by atoms with van der Waals surface area (Å²) < 4.78 is 5.00. The van der Waals surface area contributed by atoms with Crippen molar-refractivity contribution < 1.29 is 14.6 Å². The van der Waals surface area contributed by atoms with Crippen molar-refractivity contribution in [3.8, 4) is 0 Å². The lowest BCUT2D eigenvalue weighted by Gasteiger charge is -2.25. The third kappa shape index (κ3) is 4.10. The molecule has 0 aromatic heterocycles. The standard InChI is InChI=1S/C14H18Cl2O3/c1-4-19-14(18)12(8(2)3)13(17)9-5-6-10(15)11(16)7-9/h5-8,12-13,17H,4H2,1-3H3.